The number of hydrogen-bond acceptors (Lipinski definition) is 4. The van der Waals surface area contributed by atoms with Crippen LogP contribution in [0.3, 0.4) is 0 Å². The Morgan fingerprint density at radius 3 is 0.864 bits per heavy atom. The average Bonchev–Trinajstić information content (AvgIpc) is 3.01. The minimum absolute atomic E-state index is 0.0464. The third kappa shape index (κ3) is 33.5. The van der Waals surface area contributed by atoms with Crippen LogP contribution in [-0.4, -0.2) is 29.8 Å². The van der Waals surface area contributed by atoms with Gasteiger partial charge in [0, 0.05) is 12.8 Å². The average molecular weight is 622 g/mol. The number of aldehydes is 1. The number of nitrogens with zero attached hydrogens (tertiary/aromatic N) is 1. The second-order valence-corrected chi connectivity index (χ2v) is 13.2. The first kappa shape index (κ1) is 42.6. The van der Waals surface area contributed by atoms with Crippen molar-refractivity contribution in [2.75, 3.05) is 6.54 Å². The molecule has 0 atom stereocenters. The zero-order valence-corrected chi connectivity index (χ0v) is 29.6. The minimum atomic E-state index is -0.145. The third-order valence-corrected chi connectivity index (χ3v) is 8.79. The number of hydrazine groups is 2. The maximum absolute atomic E-state index is 12.3. The Morgan fingerprint density at radius 1 is 0.409 bits per heavy atom. The summed E-state index contributed by atoms with van der Waals surface area (Å²) < 4.78 is 0. The van der Waals surface area contributed by atoms with E-state index in [9.17, 15) is 14.4 Å². The van der Waals surface area contributed by atoms with Gasteiger partial charge < -0.3 is 4.79 Å². The van der Waals surface area contributed by atoms with Gasteiger partial charge in [0.25, 0.3) is 0 Å². The SMILES string of the molecule is CCCCCCCCCCCCCCCCCC(=O)NN(CC=O)NC(=O)CCCCCCCCCCCCCCCCC. The Hall–Kier alpha value is -1.43. The van der Waals surface area contributed by atoms with E-state index >= 15 is 0 Å². The maximum Gasteiger partial charge on any atom is 0.235 e. The van der Waals surface area contributed by atoms with E-state index < -0.39 is 0 Å². The molecule has 2 N–H and O–H groups in total. The molecule has 0 rings (SSSR count). The summed E-state index contributed by atoms with van der Waals surface area (Å²) in [5.74, 6) is -0.289. The second kappa shape index (κ2) is 36.0. The molecule has 0 aliphatic rings. The first-order chi connectivity index (χ1) is 21.6. The summed E-state index contributed by atoms with van der Waals surface area (Å²) in [7, 11) is 0. The Bertz CT molecular complexity index is 580. The molecule has 0 radical (unpaired) electrons. The number of carbonyl (C=O) groups is 3. The fourth-order valence-corrected chi connectivity index (χ4v) is 5.92. The Morgan fingerprint density at radius 2 is 0.636 bits per heavy atom. The van der Waals surface area contributed by atoms with Gasteiger partial charge in [-0.2, -0.15) is 0 Å². The van der Waals surface area contributed by atoms with Crippen molar-refractivity contribution in [1.29, 1.82) is 0 Å². The highest BCUT2D eigenvalue weighted by molar-refractivity contribution is 5.78. The predicted molar refractivity (Wildman–Crippen MR) is 188 cm³/mol. The maximum atomic E-state index is 12.3. The number of amides is 2. The number of unbranched alkanes of at least 4 members (excludes halogenated alkanes) is 28. The first-order valence-electron chi connectivity index (χ1n) is 19.4. The first-order valence-corrected chi connectivity index (χ1v) is 19.4. The summed E-state index contributed by atoms with van der Waals surface area (Å²) in [6.07, 6.45) is 40.3. The van der Waals surface area contributed by atoms with Crippen LogP contribution in [0.25, 0.3) is 0 Å². The molecular weight excluding hydrogens is 546 g/mol. The molecule has 0 heterocycles. The molecule has 0 fully saturated rings. The molecule has 0 aromatic rings. The lowest BCUT2D eigenvalue weighted by molar-refractivity contribution is -0.134. The number of nitrogens with one attached hydrogen (secondary N) is 2. The van der Waals surface area contributed by atoms with Gasteiger partial charge in [-0.1, -0.05) is 194 Å². The second-order valence-electron chi connectivity index (χ2n) is 13.2. The Kier molecular flexibility index (Phi) is 34.9. The van der Waals surface area contributed by atoms with Crippen LogP contribution in [0, 0.1) is 0 Å². The predicted octanol–water partition coefficient (Wildman–Crippen LogP) is 11.1. The van der Waals surface area contributed by atoms with Crippen LogP contribution < -0.4 is 10.9 Å². The van der Waals surface area contributed by atoms with Crippen LogP contribution in [0.2, 0.25) is 0 Å². The van der Waals surface area contributed by atoms with E-state index in [1.807, 2.05) is 0 Å². The molecule has 0 aromatic carbocycles. The molecule has 0 unspecified atom stereocenters. The van der Waals surface area contributed by atoms with E-state index in [4.69, 9.17) is 0 Å². The van der Waals surface area contributed by atoms with Gasteiger partial charge in [-0.15, -0.1) is 5.12 Å². The fourth-order valence-electron chi connectivity index (χ4n) is 5.92. The fraction of sp³-hybridized carbons (Fsp3) is 0.921. The molecule has 44 heavy (non-hydrogen) atoms. The molecule has 6 heteroatoms. The van der Waals surface area contributed by atoms with Crippen molar-refractivity contribution in [1.82, 2.24) is 16.0 Å². The molecule has 0 saturated heterocycles. The van der Waals surface area contributed by atoms with Crippen molar-refractivity contribution < 1.29 is 14.4 Å². The highest BCUT2D eigenvalue weighted by atomic mass is 16.2. The summed E-state index contributed by atoms with van der Waals surface area (Å²) in [5, 5.41) is 1.24. The largest absolute Gasteiger partial charge is 0.302 e. The lowest BCUT2D eigenvalue weighted by Gasteiger charge is -2.21. The van der Waals surface area contributed by atoms with Crippen LogP contribution >= 0.6 is 0 Å². The standard InChI is InChI=1S/C38H75N3O3/c1-3-5-7-9-11-13-15-17-19-21-23-25-27-29-31-33-37(43)39-41(35-36-42)40-38(44)34-32-30-28-26-24-22-20-18-16-14-12-10-8-6-4-2/h36H,3-35H2,1-2H3,(H,39,43)(H,40,44). The van der Waals surface area contributed by atoms with Gasteiger partial charge in [-0.3, -0.25) is 20.4 Å². The van der Waals surface area contributed by atoms with Crippen molar-refractivity contribution in [2.45, 2.75) is 219 Å². The number of carbonyl (C=O) groups excluding carboxylic acids is 3. The highest BCUT2D eigenvalue weighted by Gasteiger charge is 2.12. The Balaban J connectivity index is 3.61. The highest BCUT2D eigenvalue weighted by Crippen LogP contribution is 2.15. The van der Waals surface area contributed by atoms with Crippen molar-refractivity contribution in [3.05, 3.63) is 0 Å². The van der Waals surface area contributed by atoms with Gasteiger partial charge in [0.05, 0.1) is 6.54 Å². The van der Waals surface area contributed by atoms with E-state index in [0.717, 1.165) is 25.7 Å². The van der Waals surface area contributed by atoms with E-state index in [1.165, 1.54) is 172 Å². The summed E-state index contributed by atoms with van der Waals surface area (Å²) in [6, 6.07) is 0. The van der Waals surface area contributed by atoms with E-state index in [2.05, 4.69) is 24.7 Å². The van der Waals surface area contributed by atoms with Gasteiger partial charge >= 0.3 is 0 Å². The lowest BCUT2D eigenvalue weighted by Crippen LogP contribution is -2.53. The monoisotopic (exact) mass is 622 g/mol. The van der Waals surface area contributed by atoms with Crippen LogP contribution in [-0.2, 0) is 14.4 Å². The minimum Gasteiger partial charge on any atom is -0.302 e. The quantitative estimate of drug-likeness (QED) is 0.0414. The summed E-state index contributed by atoms with van der Waals surface area (Å²) in [4.78, 5) is 35.7. The molecular formula is C38H75N3O3. The molecule has 2 amide bonds. The molecule has 6 nitrogen and oxygen atoms in total. The molecule has 0 saturated carbocycles. The number of hydrogen-bond donors (Lipinski definition) is 2. The van der Waals surface area contributed by atoms with Crippen LogP contribution in [0.4, 0.5) is 0 Å². The third-order valence-electron chi connectivity index (χ3n) is 8.79. The number of rotatable bonds is 36. The topological polar surface area (TPSA) is 78.5 Å². The van der Waals surface area contributed by atoms with E-state index in [1.54, 1.807) is 0 Å². The summed E-state index contributed by atoms with van der Waals surface area (Å²) in [5.41, 5.74) is 5.37. The van der Waals surface area contributed by atoms with E-state index in [0.29, 0.717) is 19.1 Å². The van der Waals surface area contributed by atoms with Crippen LogP contribution in [0.5, 0.6) is 0 Å². The molecule has 260 valence electrons. The molecule has 0 bridgehead atoms. The smallest absolute Gasteiger partial charge is 0.235 e. The molecule has 0 aliphatic carbocycles. The lowest BCUT2D eigenvalue weighted by atomic mass is 10.0. The normalized spacial score (nSPS) is 11.2. The summed E-state index contributed by atoms with van der Waals surface area (Å²) >= 11 is 0. The van der Waals surface area contributed by atoms with Gasteiger partial charge in [0.1, 0.15) is 6.29 Å². The van der Waals surface area contributed by atoms with Gasteiger partial charge in [-0.25, -0.2) is 0 Å². The van der Waals surface area contributed by atoms with Crippen LogP contribution in [0.15, 0.2) is 0 Å². The molecule has 0 aromatic heterocycles. The van der Waals surface area contributed by atoms with Crippen LogP contribution in [0.1, 0.15) is 219 Å². The van der Waals surface area contributed by atoms with Gasteiger partial charge in [0.2, 0.25) is 11.8 Å². The van der Waals surface area contributed by atoms with Crippen molar-refractivity contribution in [3.8, 4) is 0 Å². The van der Waals surface area contributed by atoms with Crippen molar-refractivity contribution in [2.24, 2.45) is 0 Å². The van der Waals surface area contributed by atoms with Gasteiger partial charge in [0.15, 0.2) is 0 Å². The van der Waals surface area contributed by atoms with Crippen molar-refractivity contribution in [3.63, 3.8) is 0 Å². The molecule has 0 spiro atoms. The van der Waals surface area contributed by atoms with Crippen molar-refractivity contribution >= 4 is 18.1 Å². The molecule has 0 aliphatic heterocycles. The zero-order valence-electron chi connectivity index (χ0n) is 29.6. The Labute approximate surface area is 274 Å². The van der Waals surface area contributed by atoms with Gasteiger partial charge in [-0.05, 0) is 12.8 Å². The van der Waals surface area contributed by atoms with E-state index in [-0.39, 0.29) is 18.4 Å². The summed E-state index contributed by atoms with van der Waals surface area (Å²) in [6.45, 7) is 4.49. The zero-order chi connectivity index (χ0) is 32.2.